The number of ether oxygens (including phenoxy) is 3. The smallest absolute Gasteiger partial charge is 0.310 e. The molecule has 1 saturated heterocycles. The van der Waals surface area contributed by atoms with Gasteiger partial charge in [0, 0.05) is 25.7 Å². The summed E-state index contributed by atoms with van der Waals surface area (Å²) < 4.78 is 43.6. The van der Waals surface area contributed by atoms with Gasteiger partial charge in [-0.25, -0.2) is 8.42 Å². The molecule has 0 amide bonds. The molecule has 0 aliphatic carbocycles. The summed E-state index contributed by atoms with van der Waals surface area (Å²) in [5, 5.41) is 0. The fraction of sp³-hybridized carbons (Fsp3) is 0.667. The molecule has 170 valence electrons. The highest BCUT2D eigenvalue weighted by Crippen LogP contribution is 2.34. The van der Waals surface area contributed by atoms with Gasteiger partial charge in [-0.05, 0) is 37.6 Å². The van der Waals surface area contributed by atoms with Gasteiger partial charge >= 0.3 is 5.97 Å². The molecule has 9 heteroatoms. The van der Waals surface area contributed by atoms with Gasteiger partial charge in [-0.15, -0.1) is 0 Å². The Kier molecular flexibility index (Phi) is 9.38. The summed E-state index contributed by atoms with van der Waals surface area (Å²) in [6, 6.07) is 2.96. The van der Waals surface area contributed by atoms with Crippen molar-refractivity contribution in [3.8, 4) is 11.5 Å². The van der Waals surface area contributed by atoms with Gasteiger partial charge in [0.1, 0.15) is 6.61 Å². The molecule has 0 aromatic heterocycles. The summed E-state index contributed by atoms with van der Waals surface area (Å²) in [6.45, 7) is 7.25. The molecule has 0 saturated carbocycles. The summed E-state index contributed by atoms with van der Waals surface area (Å²) in [5.41, 5.74) is 0.336. The van der Waals surface area contributed by atoms with Crippen molar-refractivity contribution < 1.29 is 27.4 Å². The zero-order valence-corrected chi connectivity index (χ0v) is 19.3. The van der Waals surface area contributed by atoms with Crippen LogP contribution in [0.2, 0.25) is 0 Å². The molecular weight excluding hydrogens is 408 g/mol. The first-order chi connectivity index (χ1) is 14.4. The van der Waals surface area contributed by atoms with E-state index < -0.39 is 16.0 Å². The largest absolute Gasteiger partial charge is 0.493 e. The topological polar surface area (TPSA) is 85.4 Å². The van der Waals surface area contributed by atoms with Crippen molar-refractivity contribution in [2.45, 2.75) is 44.4 Å². The van der Waals surface area contributed by atoms with Gasteiger partial charge in [-0.3, -0.25) is 9.69 Å². The molecule has 30 heavy (non-hydrogen) atoms. The van der Waals surface area contributed by atoms with Crippen LogP contribution in [0.5, 0.6) is 11.5 Å². The average Bonchev–Trinajstić information content (AvgIpc) is 2.74. The molecule has 1 fully saturated rings. The molecule has 1 aromatic rings. The van der Waals surface area contributed by atoms with E-state index in [9.17, 15) is 13.2 Å². The van der Waals surface area contributed by atoms with E-state index in [1.165, 1.54) is 43.9 Å². The Morgan fingerprint density at radius 2 is 1.63 bits per heavy atom. The van der Waals surface area contributed by atoms with Crippen molar-refractivity contribution in [1.29, 1.82) is 0 Å². The number of hydrogen-bond donors (Lipinski definition) is 0. The van der Waals surface area contributed by atoms with Crippen LogP contribution < -0.4 is 9.47 Å². The first-order valence-electron chi connectivity index (χ1n) is 10.5. The zero-order valence-electron chi connectivity index (χ0n) is 18.5. The highest BCUT2D eigenvalue weighted by molar-refractivity contribution is 7.89. The number of piperidine rings is 1. The Morgan fingerprint density at radius 1 is 1.03 bits per heavy atom. The van der Waals surface area contributed by atoms with Crippen LogP contribution in [-0.2, 0) is 26.0 Å². The molecule has 0 N–H and O–H groups in total. The second-order valence-corrected chi connectivity index (χ2v) is 9.11. The minimum atomic E-state index is -3.79. The van der Waals surface area contributed by atoms with Crippen LogP contribution in [0.4, 0.5) is 0 Å². The summed E-state index contributed by atoms with van der Waals surface area (Å²) in [6.07, 6.45) is 3.44. The molecule has 2 rings (SSSR count). The number of carbonyl (C=O) groups excluding carboxylic acids is 1. The average molecular weight is 443 g/mol. The van der Waals surface area contributed by atoms with Crippen molar-refractivity contribution in [3.63, 3.8) is 0 Å². The lowest BCUT2D eigenvalue weighted by molar-refractivity contribution is -0.143. The molecule has 0 atom stereocenters. The summed E-state index contributed by atoms with van der Waals surface area (Å²) in [4.78, 5) is 14.8. The lowest BCUT2D eigenvalue weighted by Crippen LogP contribution is -2.33. The van der Waals surface area contributed by atoms with Gasteiger partial charge in [0.2, 0.25) is 10.0 Å². The van der Waals surface area contributed by atoms with Crippen LogP contribution in [0.3, 0.4) is 0 Å². The molecule has 1 aliphatic rings. The summed E-state index contributed by atoms with van der Waals surface area (Å²) in [5.74, 6) is 0.202. The van der Waals surface area contributed by atoms with Crippen molar-refractivity contribution >= 4 is 16.0 Å². The fourth-order valence-corrected chi connectivity index (χ4v) is 5.34. The Labute approximate surface area is 180 Å². The number of carbonyl (C=O) groups is 1. The second-order valence-electron chi connectivity index (χ2n) is 7.20. The van der Waals surface area contributed by atoms with Gasteiger partial charge in [-0.1, -0.05) is 20.3 Å². The molecular formula is C21H34N2O6S. The standard InChI is InChI=1S/C21H34N2O6S/c1-5-23(6-2)30(25,26)20-16-19(28-4)18(27-3)14-17(20)15-21(24)29-13-12-22-10-8-7-9-11-22/h14,16H,5-13,15H2,1-4H3. The number of nitrogens with zero attached hydrogens (tertiary/aromatic N) is 2. The molecule has 8 nitrogen and oxygen atoms in total. The SMILES string of the molecule is CCN(CC)S(=O)(=O)c1cc(OC)c(OC)cc1CC(=O)OCCN1CCCCC1. The van der Waals surface area contributed by atoms with E-state index in [1.54, 1.807) is 19.9 Å². The normalized spacial score (nSPS) is 15.2. The van der Waals surface area contributed by atoms with Crippen molar-refractivity contribution in [1.82, 2.24) is 9.21 Å². The third kappa shape index (κ3) is 6.09. The third-order valence-corrected chi connectivity index (χ3v) is 7.48. The van der Waals surface area contributed by atoms with Gasteiger partial charge < -0.3 is 14.2 Å². The number of rotatable bonds is 11. The van der Waals surface area contributed by atoms with E-state index in [1.807, 2.05) is 0 Å². The molecule has 0 radical (unpaired) electrons. The maximum absolute atomic E-state index is 13.2. The number of hydrogen-bond acceptors (Lipinski definition) is 7. The minimum Gasteiger partial charge on any atom is -0.493 e. The number of benzene rings is 1. The van der Waals surface area contributed by atoms with E-state index in [0.29, 0.717) is 43.3 Å². The van der Waals surface area contributed by atoms with Crippen LogP contribution in [-0.4, -0.2) is 77.1 Å². The van der Waals surface area contributed by atoms with Crippen molar-refractivity contribution in [3.05, 3.63) is 17.7 Å². The lowest BCUT2D eigenvalue weighted by Gasteiger charge is -2.26. The van der Waals surface area contributed by atoms with E-state index in [4.69, 9.17) is 14.2 Å². The van der Waals surface area contributed by atoms with Crippen LogP contribution in [0.15, 0.2) is 17.0 Å². The molecule has 0 bridgehead atoms. The Bertz CT molecular complexity index is 802. The molecule has 0 spiro atoms. The maximum Gasteiger partial charge on any atom is 0.310 e. The van der Waals surface area contributed by atoms with Crippen LogP contribution >= 0.6 is 0 Å². The highest BCUT2D eigenvalue weighted by atomic mass is 32.2. The highest BCUT2D eigenvalue weighted by Gasteiger charge is 2.28. The van der Waals surface area contributed by atoms with E-state index in [2.05, 4.69) is 4.90 Å². The Hall–Kier alpha value is -1.84. The number of esters is 1. The first kappa shape index (κ1) is 24.4. The first-order valence-corrected chi connectivity index (χ1v) is 11.9. The monoisotopic (exact) mass is 442 g/mol. The number of sulfonamides is 1. The van der Waals surface area contributed by atoms with Gasteiger partial charge in [0.25, 0.3) is 0 Å². The number of likely N-dealkylation sites (tertiary alicyclic amines) is 1. The Balaban J connectivity index is 2.20. The summed E-state index contributed by atoms with van der Waals surface area (Å²) in [7, 11) is -0.877. The molecule has 0 unspecified atom stereocenters. The quantitative estimate of drug-likeness (QED) is 0.486. The molecule has 1 aliphatic heterocycles. The van der Waals surface area contributed by atoms with Gasteiger partial charge in [-0.2, -0.15) is 4.31 Å². The van der Waals surface area contributed by atoms with Gasteiger partial charge in [0.15, 0.2) is 11.5 Å². The third-order valence-electron chi connectivity index (χ3n) is 5.34. The lowest BCUT2D eigenvalue weighted by atomic mass is 10.1. The second kappa shape index (κ2) is 11.5. The predicted molar refractivity (Wildman–Crippen MR) is 115 cm³/mol. The van der Waals surface area contributed by atoms with E-state index >= 15 is 0 Å². The van der Waals surface area contributed by atoms with Gasteiger partial charge in [0.05, 0.1) is 25.5 Å². The van der Waals surface area contributed by atoms with E-state index in [0.717, 1.165) is 13.1 Å². The number of methoxy groups -OCH3 is 2. The van der Waals surface area contributed by atoms with Crippen LogP contribution in [0.25, 0.3) is 0 Å². The predicted octanol–water partition coefficient (Wildman–Crippen LogP) is 2.31. The van der Waals surface area contributed by atoms with Crippen molar-refractivity contribution in [2.24, 2.45) is 0 Å². The van der Waals surface area contributed by atoms with Crippen LogP contribution in [0, 0.1) is 0 Å². The Morgan fingerprint density at radius 3 is 2.20 bits per heavy atom. The van der Waals surface area contributed by atoms with Crippen LogP contribution in [0.1, 0.15) is 38.7 Å². The minimum absolute atomic E-state index is 0.0387. The summed E-state index contributed by atoms with van der Waals surface area (Å²) >= 11 is 0. The molecule has 1 aromatic carbocycles. The zero-order chi connectivity index (χ0) is 22.1. The maximum atomic E-state index is 13.2. The van der Waals surface area contributed by atoms with Crippen molar-refractivity contribution in [2.75, 3.05) is 53.6 Å². The van der Waals surface area contributed by atoms with E-state index in [-0.39, 0.29) is 11.3 Å². The fourth-order valence-electron chi connectivity index (χ4n) is 3.66. The molecule has 1 heterocycles.